The number of hydrogen-bond acceptors (Lipinski definition) is 5. The smallest absolute Gasteiger partial charge is 0.410 e. The van der Waals surface area contributed by atoms with Crippen molar-refractivity contribution in [3.63, 3.8) is 0 Å². The number of amides is 1. The number of primary sulfonamides is 1. The van der Waals surface area contributed by atoms with Gasteiger partial charge >= 0.3 is 6.09 Å². The molecule has 0 radical (unpaired) electrons. The Morgan fingerprint density at radius 3 is 2.46 bits per heavy atom. The number of ether oxygens (including phenoxy) is 1. The first kappa shape index (κ1) is 18.5. The van der Waals surface area contributed by atoms with Gasteiger partial charge in [-0.05, 0) is 57.9 Å². The van der Waals surface area contributed by atoms with Gasteiger partial charge in [0.1, 0.15) is 5.60 Å². The Morgan fingerprint density at radius 2 is 1.92 bits per heavy atom. The molecule has 7 nitrogen and oxygen atoms in total. The third-order valence-electron chi connectivity index (χ3n) is 3.63. The number of carbonyl (C=O) groups is 1. The highest BCUT2D eigenvalue weighted by atomic mass is 32.2. The fourth-order valence-corrected chi connectivity index (χ4v) is 3.08. The van der Waals surface area contributed by atoms with Gasteiger partial charge in [0.15, 0.2) is 0 Å². The highest BCUT2D eigenvalue weighted by Gasteiger charge is 2.27. The zero-order chi connectivity index (χ0) is 18.0. The van der Waals surface area contributed by atoms with E-state index in [1.54, 1.807) is 17.0 Å². The van der Waals surface area contributed by atoms with Crippen LogP contribution in [0.3, 0.4) is 0 Å². The zero-order valence-corrected chi connectivity index (χ0v) is 15.1. The SMILES string of the molecule is CC(C)(C)OC(=O)N1CCCC(Nc2ccc(S(N)(=O)=O)cc2)C1. The summed E-state index contributed by atoms with van der Waals surface area (Å²) >= 11 is 0. The molecule has 1 unspecified atom stereocenters. The number of carbonyl (C=O) groups excluding carboxylic acids is 1. The molecule has 1 atom stereocenters. The number of anilines is 1. The molecular formula is C16H25N3O4S. The third-order valence-corrected chi connectivity index (χ3v) is 4.56. The van der Waals surface area contributed by atoms with Gasteiger partial charge in [0.05, 0.1) is 4.90 Å². The van der Waals surface area contributed by atoms with Crippen molar-refractivity contribution in [3.8, 4) is 0 Å². The summed E-state index contributed by atoms with van der Waals surface area (Å²) in [4.78, 5) is 13.9. The molecule has 1 aliphatic heterocycles. The lowest BCUT2D eigenvalue weighted by molar-refractivity contribution is 0.0206. The van der Waals surface area contributed by atoms with Gasteiger partial charge < -0.3 is 15.0 Å². The minimum Gasteiger partial charge on any atom is -0.444 e. The Bertz CT molecular complexity index is 680. The molecule has 1 aromatic rings. The molecule has 0 spiro atoms. The molecule has 1 saturated heterocycles. The predicted octanol–water partition coefficient (Wildman–Crippen LogP) is 2.15. The first-order chi connectivity index (χ1) is 11.0. The number of piperidine rings is 1. The number of nitrogens with two attached hydrogens (primary N) is 1. The quantitative estimate of drug-likeness (QED) is 0.865. The van der Waals surface area contributed by atoms with E-state index in [4.69, 9.17) is 9.88 Å². The molecule has 1 fully saturated rings. The van der Waals surface area contributed by atoms with E-state index in [0.717, 1.165) is 18.5 Å². The molecule has 0 bridgehead atoms. The molecule has 0 saturated carbocycles. The first-order valence-electron chi connectivity index (χ1n) is 7.92. The normalized spacial score (nSPS) is 19.0. The van der Waals surface area contributed by atoms with Crippen LogP contribution in [0.5, 0.6) is 0 Å². The molecule has 1 heterocycles. The topological polar surface area (TPSA) is 102 Å². The van der Waals surface area contributed by atoms with Crippen LogP contribution in [0.4, 0.5) is 10.5 Å². The largest absolute Gasteiger partial charge is 0.444 e. The molecular weight excluding hydrogens is 330 g/mol. The van der Waals surface area contributed by atoms with Crippen molar-refractivity contribution in [1.29, 1.82) is 0 Å². The Balaban J connectivity index is 1.97. The van der Waals surface area contributed by atoms with Crippen LogP contribution in [0.15, 0.2) is 29.2 Å². The van der Waals surface area contributed by atoms with E-state index < -0.39 is 15.6 Å². The summed E-state index contributed by atoms with van der Waals surface area (Å²) in [5.41, 5.74) is 0.277. The third kappa shape index (κ3) is 5.38. The maximum atomic E-state index is 12.2. The Kier molecular flexibility index (Phi) is 5.39. The predicted molar refractivity (Wildman–Crippen MR) is 92.3 cm³/mol. The number of hydrogen-bond donors (Lipinski definition) is 2. The maximum absolute atomic E-state index is 12.2. The van der Waals surface area contributed by atoms with E-state index in [1.807, 2.05) is 20.8 Å². The number of rotatable bonds is 3. The van der Waals surface area contributed by atoms with Gasteiger partial charge in [-0.15, -0.1) is 0 Å². The van der Waals surface area contributed by atoms with Crippen molar-refractivity contribution in [3.05, 3.63) is 24.3 Å². The average Bonchev–Trinajstić information content (AvgIpc) is 2.45. The van der Waals surface area contributed by atoms with Crippen LogP contribution in [-0.2, 0) is 14.8 Å². The summed E-state index contributed by atoms with van der Waals surface area (Å²) in [7, 11) is -3.69. The zero-order valence-electron chi connectivity index (χ0n) is 14.3. The van der Waals surface area contributed by atoms with E-state index in [9.17, 15) is 13.2 Å². The van der Waals surface area contributed by atoms with Crippen molar-refractivity contribution in [2.75, 3.05) is 18.4 Å². The monoisotopic (exact) mass is 355 g/mol. The molecule has 1 amide bonds. The van der Waals surface area contributed by atoms with Crippen LogP contribution in [0.1, 0.15) is 33.6 Å². The van der Waals surface area contributed by atoms with Crippen molar-refractivity contribution in [2.45, 2.75) is 50.2 Å². The van der Waals surface area contributed by atoms with E-state index >= 15 is 0 Å². The number of benzene rings is 1. The van der Waals surface area contributed by atoms with E-state index in [2.05, 4.69) is 5.32 Å². The molecule has 3 N–H and O–H groups in total. The fraction of sp³-hybridized carbons (Fsp3) is 0.562. The summed E-state index contributed by atoms with van der Waals surface area (Å²) in [6.45, 7) is 6.76. The fourth-order valence-electron chi connectivity index (χ4n) is 2.56. The van der Waals surface area contributed by atoms with Crippen molar-refractivity contribution in [2.24, 2.45) is 5.14 Å². The van der Waals surface area contributed by atoms with E-state index in [-0.39, 0.29) is 17.0 Å². The minimum absolute atomic E-state index is 0.0760. The second kappa shape index (κ2) is 6.98. The van der Waals surface area contributed by atoms with Gasteiger partial charge in [-0.1, -0.05) is 0 Å². The number of sulfonamides is 1. The lowest BCUT2D eigenvalue weighted by Gasteiger charge is -2.34. The van der Waals surface area contributed by atoms with Gasteiger partial charge in [0, 0.05) is 24.8 Å². The van der Waals surface area contributed by atoms with Gasteiger partial charge in [-0.3, -0.25) is 0 Å². The molecule has 8 heteroatoms. The van der Waals surface area contributed by atoms with Crippen LogP contribution in [0, 0.1) is 0 Å². The average molecular weight is 355 g/mol. The van der Waals surface area contributed by atoms with Crippen LogP contribution in [0.25, 0.3) is 0 Å². The highest BCUT2D eigenvalue weighted by Crippen LogP contribution is 2.19. The van der Waals surface area contributed by atoms with Crippen LogP contribution < -0.4 is 10.5 Å². The minimum atomic E-state index is -3.69. The van der Waals surface area contributed by atoms with Gasteiger partial charge in [0.2, 0.25) is 10.0 Å². The molecule has 134 valence electrons. The number of likely N-dealkylation sites (tertiary alicyclic amines) is 1. The second-order valence-corrected chi connectivity index (χ2v) is 8.54. The van der Waals surface area contributed by atoms with E-state index in [1.165, 1.54) is 12.1 Å². The van der Waals surface area contributed by atoms with Crippen LogP contribution >= 0.6 is 0 Å². The van der Waals surface area contributed by atoms with Crippen molar-refractivity contribution >= 4 is 21.8 Å². The molecule has 2 rings (SSSR count). The summed E-state index contributed by atoms with van der Waals surface area (Å²) in [6.07, 6.45) is 1.50. The first-order valence-corrected chi connectivity index (χ1v) is 9.46. The van der Waals surface area contributed by atoms with E-state index in [0.29, 0.717) is 13.1 Å². The van der Waals surface area contributed by atoms with Crippen LogP contribution in [0.2, 0.25) is 0 Å². The maximum Gasteiger partial charge on any atom is 0.410 e. The lowest BCUT2D eigenvalue weighted by Crippen LogP contribution is -2.46. The molecule has 0 aliphatic carbocycles. The van der Waals surface area contributed by atoms with Crippen LogP contribution in [-0.4, -0.2) is 44.1 Å². The van der Waals surface area contributed by atoms with Crippen molar-refractivity contribution < 1.29 is 17.9 Å². The Labute approximate surface area is 143 Å². The second-order valence-electron chi connectivity index (χ2n) is 6.98. The van der Waals surface area contributed by atoms with Gasteiger partial charge in [0.25, 0.3) is 0 Å². The standard InChI is InChI=1S/C16H25N3O4S/c1-16(2,3)23-15(20)19-10-4-5-13(11-19)18-12-6-8-14(9-7-12)24(17,21)22/h6-9,13,18H,4-5,10-11H2,1-3H3,(H2,17,21,22). The molecule has 1 aliphatic rings. The van der Waals surface area contributed by atoms with Gasteiger partial charge in [-0.25, -0.2) is 18.4 Å². The Hall–Kier alpha value is -1.80. The summed E-state index contributed by atoms with van der Waals surface area (Å²) in [5, 5.41) is 8.41. The molecule has 1 aromatic carbocycles. The number of nitrogens with zero attached hydrogens (tertiary/aromatic N) is 1. The van der Waals surface area contributed by atoms with Gasteiger partial charge in [-0.2, -0.15) is 0 Å². The number of nitrogens with one attached hydrogen (secondary N) is 1. The Morgan fingerprint density at radius 1 is 1.29 bits per heavy atom. The highest BCUT2D eigenvalue weighted by molar-refractivity contribution is 7.89. The van der Waals surface area contributed by atoms with Crippen molar-refractivity contribution in [1.82, 2.24) is 4.90 Å². The summed E-state index contributed by atoms with van der Waals surface area (Å²) in [5.74, 6) is 0. The lowest BCUT2D eigenvalue weighted by atomic mass is 10.1. The summed E-state index contributed by atoms with van der Waals surface area (Å²) in [6, 6.07) is 6.36. The molecule has 24 heavy (non-hydrogen) atoms. The summed E-state index contributed by atoms with van der Waals surface area (Å²) < 4.78 is 27.9. The molecule has 0 aromatic heterocycles.